The monoisotopic (exact) mass is 421 g/mol. The van der Waals surface area contributed by atoms with Gasteiger partial charge in [-0.05, 0) is 43.3 Å². The smallest absolute Gasteiger partial charge is 0.264 e. The molecule has 0 fully saturated rings. The van der Waals surface area contributed by atoms with E-state index in [2.05, 4.69) is 15.6 Å². The number of nitrogens with two attached hydrogens (primary N) is 2. The molecule has 0 saturated carbocycles. The minimum Gasteiger partial charge on any atom is -0.335 e. The largest absolute Gasteiger partial charge is 0.335 e. The van der Waals surface area contributed by atoms with Crippen LogP contribution in [0.1, 0.15) is 11.4 Å². The fourth-order valence-corrected chi connectivity index (χ4v) is 4.22. The van der Waals surface area contributed by atoms with Gasteiger partial charge in [-0.1, -0.05) is 29.3 Å². The quantitative estimate of drug-likeness (QED) is 0.390. The summed E-state index contributed by atoms with van der Waals surface area (Å²) in [6.07, 6.45) is 0.221. The molecule has 148 valence electrons. The SMILES string of the molecule is Cc1ccc(S(=O)(=O)N(CCc2nnc(NN)n2N)c2ccc(Cl)cc2)cc1. The highest BCUT2D eigenvalue weighted by molar-refractivity contribution is 7.92. The molecule has 0 amide bonds. The first-order valence-corrected chi connectivity index (χ1v) is 10.2. The van der Waals surface area contributed by atoms with Gasteiger partial charge < -0.3 is 5.84 Å². The molecule has 0 aliphatic carbocycles. The number of halogens is 1. The Labute approximate surface area is 167 Å². The average Bonchev–Trinajstić information content (AvgIpc) is 3.03. The van der Waals surface area contributed by atoms with Gasteiger partial charge in [0, 0.05) is 18.0 Å². The van der Waals surface area contributed by atoms with Gasteiger partial charge in [-0.3, -0.25) is 9.73 Å². The van der Waals surface area contributed by atoms with Crippen molar-refractivity contribution in [2.24, 2.45) is 5.84 Å². The summed E-state index contributed by atoms with van der Waals surface area (Å²) < 4.78 is 29.0. The number of benzene rings is 2. The molecule has 0 aliphatic rings. The molecule has 3 aromatic rings. The van der Waals surface area contributed by atoms with E-state index < -0.39 is 10.0 Å². The van der Waals surface area contributed by atoms with E-state index in [9.17, 15) is 8.42 Å². The summed E-state index contributed by atoms with van der Waals surface area (Å²) in [6.45, 7) is 1.99. The summed E-state index contributed by atoms with van der Waals surface area (Å²) in [5.41, 5.74) is 3.77. The van der Waals surface area contributed by atoms with Crippen molar-refractivity contribution in [3.05, 3.63) is 64.9 Å². The Hall–Kier alpha value is -2.82. The van der Waals surface area contributed by atoms with E-state index in [1.165, 1.54) is 8.98 Å². The summed E-state index contributed by atoms with van der Waals surface area (Å²) in [7, 11) is -3.81. The lowest BCUT2D eigenvalue weighted by molar-refractivity contribution is 0.590. The lowest BCUT2D eigenvalue weighted by Gasteiger charge is -2.24. The van der Waals surface area contributed by atoms with Crippen LogP contribution in [0.2, 0.25) is 5.02 Å². The van der Waals surface area contributed by atoms with E-state index in [1.807, 2.05) is 6.92 Å². The summed E-state index contributed by atoms with van der Waals surface area (Å²) >= 11 is 5.95. The first-order chi connectivity index (χ1) is 13.3. The van der Waals surface area contributed by atoms with Crippen molar-refractivity contribution in [3.8, 4) is 0 Å². The normalized spacial score (nSPS) is 11.4. The van der Waals surface area contributed by atoms with E-state index in [1.54, 1.807) is 48.5 Å². The molecular formula is C17H20ClN7O2S. The van der Waals surface area contributed by atoms with Gasteiger partial charge in [0.05, 0.1) is 10.6 Å². The Morgan fingerprint density at radius 3 is 2.32 bits per heavy atom. The van der Waals surface area contributed by atoms with Gasteiger partial charge in [0.1, 0.15) is 0 Å². The van der Waals surface area contributed by atoms with Gasteiger partial charge in [0.2, 0.25) is 0 Å². The number of aromatic nitrogens is 3. The zero-order valence-electron chi connectivity index (χ0n) is 15.1. The van der Waals surface area contributed by atoms with Crippen molar-refractivity contribution < 1.29 is 8.42 Å². The van der Waals surface area contributed by atoms with E-state index in [0.29, 0.717) is 16.5 Å². The van der Waals surface area contributed by atoms with E-state index in [0.717, 1.165) is 5.56 Å². The highest BCUT2D eigenvalue weighted by Gasteiger charge is 2.25. The molecule has 0 atom stereocenters. The number of hydrogen-bond donors (Lipinski definition) is 3. The number of sulfonamides is 1. The average molecular weight is 422 g/mol. The zero-order chi connectivity index (χ0) is 20.3. The van der Waals surface area contributed by atoms with Crippen LogP contribution in [-0.2, 0) is 16.4 Å². The number of nitrogens with one attached hydrogen (secondary N) is 1. The van der Waals surface area contributed by atoms with Crippen molar-refractivity contribution in [1.29, 1.82) is 0 Å². The molecule has 1 heterocycles. The van der Waals surface area contributed by atoms with Crippen molar-refractivity contribution in [2.75, 3.05) is 22.1 Å². The Kier molecular flexibility index (Phi) is 5.73. The number of rotatable bonds is 7. The van der Waals surface area contributed by atoms with E-state index in [4.69, 9.17) is 23.3 Å². The summed E-state index contributed by atoms with van der Waals surface area (Å²) in [5, 5.41) is 8.24. The van der Waals surface area contributed by atoms with Crippen LogP contribution in [0.15, 0.2) is 53.4 Å². The van der Waals surface area contributed by atoms with Crippen molar-refractivity contribution in [2.45, 2.75) is 18.2 Å². The van der Waals surface area contributed by atoms with Crippen LogP contribution in [0.5, 0.6) is 0 Å². The van der Waals surface area contributed by atoms with Gasteiger partial charge in [-0.25, -0.2) is 18.9 Å². The van der Waals surface area contributed by atoms with E-state index in [-0.39, 0.29) is 23.8 Å². The van der Waals surface area contributed by atoms with Gasteiger partial charge in [-0.15, -0.1) is 10.2 Å². The fourth-order valence-electron chi connectivity index (χ4n) is 2.63. The van der Waals surface area contributed by atoms with Crippen LogP contribution < -0.4 is 21.4 Å². The lowest BCUT2D eigenvalue weighted by Crippen LogP contribution is -2.34. The minimum atomic E-state index is -3.81. The van der Waals surface area contributed by atoms with Crippen LogP contribution in [0.25, 0.3) is 0 Å². The molecule has 28 heavy (non-hydrogen) atoms. The molecule has 0 saturated heterocycles. The maximum atomic E-state index is 13.3. The third-order valence-electron chi connectivity index (χ3n) is 4.16. The first-order valence-electron chi connectivity index (χ1n) is 8.34. The third kappa shape index (κ3) is 4.03. The Bertz CT molecular complexity index is 1050. The molecule has 11 heteroatoms. The molecule has 0 aliphatic heterocycles. The summed E-state index contributed by atoms with van der Waals surface area (Å²) in [6, 6.07) is 13.2. The van der Waals surface area contributed by atoms with Gasteiger partial charge >= 0.3 is 0 Å². The van der Waals surface area contributed by atoms with Crippen LogP contribution in [0.4, 0.5) is 11.6 Å². The minimum absolute atomic E-state index is 0.0950. The van der Waals surface area contributed by atoms with Gasteiger partial charge in [-0.2, -0.15) is 0 Å². The van der Waals surface area contributed by atoms with Crippen LogP contribution in [0, 0.1) is 6.92 Å². The maximum absolute atomic E-state index is 13.3. The van der Waals surface area contributed by atoms with Crippen LogP contribution >= 0.6 is 11.6 Å². The molecule has 0 radical (unpaired) electrons. The van der Waals surface area contributed by atoms with Crippen molar-refractivity contribution in [3.63, 3.8) is 0 Å². The Morgan fingerprint density at radius 2 is 1.75 bits per heavy atom. The molecule has 1 aromatic heterocycles. The summed E-state index contributed by atoms with van der Waals surface area (Å²) in [5.74, 6) is 11.7. The topological polar surface area (TPSA) is 132 Å². The standard InChI is InChI=1S/C17H20ClN7O2S/c1-12-2-8-15(9-3-12)28(26,27)24(14-6-4-13(18)5-7-14)11-10-16-22-23-17(21-19)25(16)20/h2-9H,10-11,19-20H2,1H3,(H,21,23). The zero-order valence-corrected chi connectivity index (χ0v) is 16.7. The Morgan fingerprint density at radius 1 is 1.11 bits per heavy atom. The molecule has 0 unspecified atom stereocenters. The molecule has 0 bridgehead atoms. The van der Waals surface area contributed by atoms with Gasteiger partial charge in [0.25, 0.3) is 16.0 Å². The second-order valence-electron chi connectivity index (χ2n) is 6.07. The van der Waals surface area contributed by atoms with E-state index >= 15 is 0 Å². The first kappa shape index (κ1) is 19.9. The summed E-state index contributed by atoms with van der Waals surface area (Å²) in [4.78, 5) is 0.187. The second kappa shape index (κ2) is 8.05. The highest BCUT2D eigenvalue weighted by Crippen LogP contribution is 2.26. The predicted molar refractivity (Wildman–Crippen MR) is 109 cm³/mol. The maximum Gasteiger partial charge on any atom is 0.264 e. The van der Waals surface area contributed by atoms with Gasteiger partial charge in [0.15, 0.2) is 5.82 Å². The number of aryl methyl sites for hydroxylation is 1. The molecule has 5 N–H and O–H groups in total. The third-order valence-corrected chi connectivity index (χ3v) is 6.25. The molecular weight excluding hydrogens is 402 g/mol. The number of nitrogen functional groups attached to an aromatic ring is 2. The second-order valence-corrected chi connectivity index (χ2v) is 8.37. The lowest BCUT2D eigenvalue weighted by atomic mass is 10.2. The fraction of sp³-hybridized carbons (Fsp3) is 0.176. The van der Waals surface area contributed by atoms with Crippen molar-refractivity contribution >= 4 is 33.3 Å². The predicted octanol–water partition coefficient (Wildman–Crippen LogP) is 1.68. The number of nitrogens with zero attached hydrogens (tertiary/aromatic N) is 4. The molecule has 2 aromatic carbocycles. The number of hydrogen-bond acceptors (Lipinski definition) is 7. The highest BCUT2D eigenvalue weighted by atomic mass is 35.5. The molecule has 0 spiro atoms. The van der Waals surface area contributed by atoms with Crippen LogP contribution in [-0.4, -0.2) is 29.8 Å². The molecule has 9 nitrogen and oxygen atoms in total. The Balaban J connectivity index is 1.96. The number of anilines is 2. The number of hydrazine groups is 1. The molecule has 3 rings (SSSR count). The van der Waals surface area contributed by atoms with Crippen molar-refractivity contribution in [1.82, 2.24) is 14.9 Å². The van der Waals surface area contributed by atoms with Crippen LogP contribution in [0.3, 0.4) is 0 Å².